The van der Waals surface area contributed by atoms with Gasteiger partial charge in [0, 0.05) is 17.5 Å². The molecule has 3 rings (SSSR count). The predicted molar refractivity (Wildman–Crippen MR) is 83.6 cm³/mol. The van der Waals surface area contributed by atoms with Gasteiger partial charge in [-0.1, -0.05) is 11.6 Å². The summed E-state index contributed by atoms with van der Waals surface area (Å²) in [5.74, 6) is 0.554. The molecule has 2 heterocycles. The second-order valence-electron chi connectivity index (χ2n) is 5.55. The standard InChI is InChI=1S/C15H19ClN4O/c1-17-15(21)9-20-4-2-10(3-5-20)12-6-11(16)7-14-13(12)8-18-19-14/h6-8,10H,2-5,9H2,1H3,(H,17,21)(H,18,19). The maximum absolute atomic E-state index is 11.4. The van der Waals surface area contributed by atoms with E-state index in [2.05, 4.69) is 26.5 Å². The largest absolute Gasteiger partial charge is 0.358 e. The zero-order chi connectivity index (χ0) is 14.8. The first-order chi connectivity index (χ1) is 10.2. The molecule has 2 N–H and O–H groups in total. The third kappa shape index (κ3) is 3.04. The van der Waals surface area contributed by atoms with Crippen molar-refractivity contribution in [1.82, 2.24) is 20.4 Å². The quantitative estimate of drug-likeness (QED) is 0.913. The van der Waals surface area contributed by atoms with Crippen LogP contribution in [0.2, 0.25) is 5.02 Å². The number of likely N-dealkylation sites (tertiary alicyclic amines) is 1. The first kappa shape index (κ1) is 14.4. The number of piperidine rings is 1. The molecule has 112 valence electrons. The van der Waals surface area contributed by atoms with Crippen LogP contribution < -0.4 is 5.32 Å². The molecule has 6 heteroatoms. The summed E-state index contributed by atoms with van der Waals surface area (Å²) in [7, 11) is 1.68. The highest BCUT2D eigenvalue weighted by Gasteiger charge is 2.23. The smallest absolute Gasteiger partial charge is 0.233 e. The number of halogens is 1. The number of hydrogen-bond acceptors (Lipinski definition) is 3. The van der Waals surface area contributed by atoms with Crippen molar-refractivity contribution in [2.45, 2.75) is 18.8 Å². The molecule has 0 radical (unpaired) electrons. The lowest BCUT2D eigenvalue weighted by Crippen LogP contribution is -2.40. The molecular formula is C15H19ClN4O. The third-order valence-electron chi connectivity index (χ3n) is 4.23. The molecule has 1 fully saturated rings. The van der Waals surface area contributed by atoms with Gasteiger partial charge in [0.1, 0.15) is 0 Å². The maximum Gasteiger partial charge on any atom is 0.233 e. The van der Waals surface area contributed by atoms with Crippen LogP contribution in [-0.4, -0.2) is 47.7 Å². The molecule has 1 aliphatic heterocycles. The highest BCUT2D eigenvalue weighted by molar-refractivity contribution is 6.31. The topological polar surface area (TPSA) is 61.0 Å². The number of carbonyl (C=O) groups excluding carboxylic acids is 1. The molecular weight excluding hydrogens is 288 g/mol. The Morgan fingerprint density at radius 1 is 1.48 bits per heavy atom. The van der Waals surface area contributed by atoms with Crippen LogP contribution in [0.1, 0.15) is 24.3 Å². The number of amides is 1. The number of hydrogen-bond donors (Lipinski definition) is 2. The van der Waals surface area contributed by atoms with Crippen molar-refractivity contribution in [3.63, 3.8) is 0 Å². The van der Waals surface area contributed by atoms with Gasteiger partial charge >= 0.3 is 0 Å². The number of likely N-dealkylation sites (N-methyl/N-ethyl adjacent to an activating group) is 1. The van der Waals surface area contributed by atoms with Gasteiger partial charge in [-0.2, -0.15) is 5.10 Å². The van der Waals surface area contributed by atoms with E-state index < -0.39 is 0 Å². The van der Waals surface area contributed by atoms with Gasteiger partial charge in [0.15, 0.2) is 0 Å². The SMILES string of the molecule is CNC(=O)CN1CCC(c2cc(Cl)cc3[nH]ncc23)CC1. The summed E-state index contributed by atoms with van der Waals surface area (Å²) < 4.78 is 0. The van der Waals surface area contributed by atoms with Gasteiger partial charge in [-0.15, -0.1) is 0 Å². The van der Waals surface area contributed by atoms with E-state index >= 15 is 0 Å². The zero-order valence-corrected chi connectivity index (χ0v) is 12.8. The highest BCUT2D eigenvalue weighted by atomic mass is 35.5. The lowest BCUT2D eigenvalue weighted by molar-refractivity contribution is -0.122. The van der Waals surface area contributed by atoms with Crippen molar-refractivity contribution < 1.29 is 4.79 Å². The number of nitrogens with one attached hydrogen (secondary N) is 2. The maximum atomic E-state index is 11.4. The van der Waals surface area contributed by atoms with Crippen molar-refractivity contribution in [3.05, 3.63) is 28.9 Å². The fraction of sp³-hybridized carbons (Fsp3) is 0.467. The fourth-order valence-electron chi connectivity index (χ4n) is 3.06. The van der Waals surface area contributed by atoms with Gasteiger partial charge < -0.3 is 5.32 Å². The van der Waals surface area contributed by atoms with Crippen molar-refractivity contribution >= 4 is 28.4 Å². The average Bonchev–Trinajstić information content (AvgIpc) is 2.95. The molecule has 1 aromatic heterocycles. The van der Waals surface area contributed by atoms with Crippen molar-refractivity contribution in [2.75, 3.05) is 26.7 Å². The number of H-pyrrole nitrogens is 1. The number of nitrogens with zero attached hydrogens (tertiary/aromatic N) is 2. The van der Waals surface area contributed by atoms with Crippen LogP contribution in [0.5, 0.6) is 0 Å². The first-order valence-corrected chi connectivity index (χ1v) is 7.60. The monoisotopic (exact) mass is 306 g/mol. The molecule has 0 bridgehead atoms. The number of aromatic amines is 1. The van der Waals surface area contributed by atoms with Gasteiger partial charge in [-0.3, -0.25) is 14.8 Å². The van der Waals surface area contributed by atoms with E-state index in [0.717, 1.165) is 41.9 Å². The fourth-order valence-corrected chi connectivity index (χ4v) is 3.29. The van der Waals surface area contributed by atoms with Crippen LogP contribution in [0.3, 0.4) is 0 Å². The summed E-state index contributed by atoms with van der Waals surface area (Å²) in [6.07, 6.45) is 3.95. The van der Waals surface area contributed by atoms with Gasteiger partial charge in [-0.25, -0.2) is 0 Å². The van der Waals surface area contributed by atoms with E-state index in [0.29, 0.717) is 12.5 Å². The summed E-state index contributed by atoms with van der Waals surface area (Å²) in [5, 5.41) is 11.7. The molecule has 1 aromatic carbocycles. The molecule has 0 aliphatic carbocycles. The molecule has 1 aliphatic rings. The van der Waals surface area contributed by atoms with E-state index in [4.69, 9.17) is 11.6 Å². The minimum absolute atomic E-state index is 0.0773. The van der Waals surface area contributed by atoms with Crippen LogP contribution >= 0.6 is 11.6 Å². The van der Waals surface area contributed by atoms with E-state index in [1.165, 1.54) is 5.56 Å². The van der Waals surface area contributed by atoms with E-state index in [1.54, 1.807) is 7.05 Å². The van der Waals surface area contributed by atoms with Crippen LogP contribution in [0.25, 0.3) is 10.9 Å². The molecule has 1 saturated heterocycles. The summed E-state index contributed by atoms with van der Waals surface area (Å²) in [6, 6.07) is 3.96. The second-order valence-corrected chi connectivity index (χ2v) is 5.99. The Kier molecular flexibility index (Phi) is 4.12. The van der Waals surface area contributed by atoms with Crippen molar-refractivity contribution in [1.29, 1.82) is 0 Å². The van der Waals surface area contributed by atoms with Crippen LogP contribution in [0.4, 0.5) is 0 Å². The van der Waals surface area contributed by atoms with Gasteiger partial charge in [0.25, 0.3) is 0 Å². The minimum Gasteiger partial charge on any atom is -0.358 e. The number of fused-ring (bicyclic) bond motifs is 1. The van der Waals surface area contributed by atoms with E-state index in [1.807, 2.05) is 12.3 Å². The Morgan fingerprint density at radius 3 is 2.95 bits per heavy atom. The molecule has 1 amide bonds. The summed E-state index contributed by atoms with van der Waals surface area (Å²) in [4.78, 5) is 13.6. The van der Waals surface area contributed by atoms with Crippen molar-refractivity contribution in [3.8, 4) is 0 Å². The van der Waals surface area contributed by atoms with Crippen LogP contribution in [0, 0.1) is 0 Å². The molecule has 0 atom stereocenters. The van der Waals surface area contributed by atoms with Crippen molar-refractivity contribution in [2.24, 2.45) is 0 Å². The molecule has 21 heavy (non-hydrogen) atoms. The summed E-state index contributed by atoms with van der Waals surface area (Å²) in [5.41, 5.74) is 2.26. The lowest BCUT2D eigenvalue weighted by Gasteiger charge is -2.31. The summed E-state index contributed by atoms with van der Waals surface area (Å²) in [6.45, 7) is 2.35. The van der Waals surface area contributed by atoms with Gasteiger partial charge in [-0.05, 0) is 49.5 Å². The number of aromatic nitrogens is 2. The van der Waals surface area contributed by atoms with E-state index in [-0.39, 0.29) is 5.91 Å². The zero-order valence-electron chi connectivity index (χ0n) is 12.0. The predicted octanol–water partition coefficient (Wildman–Crippen LogP) is 2.14. The average molecular weight is 307 g/mol. The number of carbonyl (C=O) groups is 1. The van der Waals surface area contributed by atoms with Gasteiger partial charge in [0.05, 0.1) is 18.3 Å². The lowest BCUT2D eigenvalue weighted by atomic mass is 9.87. The Morgan fingerprint density at radius 2 is 2.24 bits per heavy atom. The van der Waals surface area contributed by atoms with Crippen LogP contribution in [-0.2, 0) is 4.79 Å². The van der Waals surface area contributed by atoms with E-state index in [9.17, 15) is 4.79 Å². The molecule has 0 saturated carbocycles. The van der Waals surface area contributed by atoms with Gasteiger partial charge in [0.2, 0.25) is 5.91 Å². The Labute approximate surface area is 128 Å². The molecule has 5 nitrogen and oxygen atoms in total. The van der Waals surface area contributed by atoms with Crippen LogP contribution in [0.15, 0.2) is 18.3 Å². The normalized spacial score (nSPS) is 17.2. The summed E-state index contributed by atoms with van der Waals surface area (Å²) >= 11 is 6.21. The molecule has 0 unspecified atom stereocenters. The number of benzene rings is 1. The third-order valence-corrected chi connectivity index (χ3v) is 4.45. The molecule has 2 aromatic rings. The first-order valence-electron chi connectivity index (χ1n) is 7.23. The Bertz CT molecular complexity index is 646. The highest BCUT2D eigenvalue weighted by Crippen LogP contribution is 2.34. The Hall–Kier alpha value is -1.59. The Balaban J connectivity index is 1.74. The molecule has 0 spiro atoms. The second kappa shape index (κ2) is 6.03. The number of rotatable bonds is 3. The minimum atomic E-state index is 0.0773.